The SMILES string of the molecule is O=C(NCc1n[nH]c(=O)c2ccccc12)[C@@H]1CCCN(Cc2ccco2)C1. The summed E-state index contributed by atoms with van der Waals surface area (Å²) in [6.07, 6.45) is 3.53. The number of benzene rings is 1. The lowest BCUT2D eigenvalue weighted by atomic mass is 9.97. The highest BCUT2D eigenvalue weighted by atomic mass is 16.3. The van der Waals surface area contributed by atoms with Gasteiger partial charge in [0.2, 0.25) is 5.91 Å². The van der Waals surface area contributed by atoms with Gasteiger partial charge in [0.1, 0.15) is 5.76 Å². The predicted octanol–water partition coefficient (Wildman–Crippen LogP) is 2.04. The van der Waals surface area contributed by atoms with Crippen LogP contribution in [0.5, 0.6) is 0 Å². The van der Waals surface area contributed by atoms with E-state index in [-0.39, 0.29) is 17.4 Å². The number of amides is 1. The third-order valence-electron chi connectivity index (χ3n) is 5.04. The summed E-state index contributed by atoms with van der Waals surface area (Å²) in [6, 6.07) is 11.1. The Morgan fingerprint density at radius 3 is 2.93 bits per heavy atom. The van der Waals surface area contributed by atoms with Crippen LogP contribution in [-0.4, -0.2) is 34.1 Å². The fraction of sp³-hybridized carbons (Fsp3) is 0.350. The lowest BCUT2D eigenvalue weighted by Gasteiger charge is -2.31. The molecule has 2 aromatic heterocycles. The van der Waals surface area contributed by atoms with Crippen LogP contribution < -0.4 is 10.9 Å². The zero-order chi connectivity index (χ0) is 18.6. The number of H-pyrrole nitrogens is 1. The van der Waals surface area contributed by atoms with Gasteiger partial charge in [0, 0.05) is 11.9 Å². The maximum atomic E-state index is 12.7. The standard InChI is InChI=1S/C20H22N4O3/c25-19(14-5-3-9-24(12-14)13-15-6-4-10-27-15)21-11-18-16-7-1-2-8-17(16)20(26)23-22-18/h1-2,4,6-8,10,14H,3,5,9,11-13H2,(H,21,25)(H,23,26)/t14-/m1/s1. The first kappa shape index (κ1) is 17.5. The van der Waals surface area contributed by atoms with Crippen molar-refractivity contribution in [2.24, 2.45) is 5.92 Å². The highest BCUT2D eigenvalue weighted by molar-refractivity contribution is 5.84. The third-order valence-corrected chi connectivity index (χ3v) is 5.04. The second-order valence-corrected chi connectivity index (χ2v) is 6.92. The van der Waals surface area contributed by atoms with E-state index in [1.165, 1.54) is 0 Å². The van der Waals surface area contributed by atoms with Crippen molar-refractivity contribution in [2.75, 3.05) is 13.1 Å². The molecule has 1 atom stereocenters. The molecule has 0 bridgehead atoms. The molecule has 2 N–H and O–H groups in total. The minimum atomic E-state index is -0.221. The Morgan fingerprint density at radius 2 is 2.11 bits per heavy atom. The summed E-state index contributed by atoms with van der Waals surface area (Å²) in [5, 5.41) is 11.0. The molecule has 1 fully saturated rings. The summed E-state index contributed by atoms with van der Waals surface area (Å²) >= 11 is 0. The number of rotatable bonds is 5. The highest BCUT2D eigenvalue weighted by Gasteiger charge is 2.26. The van der Waals surface area contributed by atoms with Crippen molar-refractivity contribution >= 4 is 16.7 Å². The second-order valence-electron chi connectivity index (χ2n) is 6.92. The number of hydrogen-bond donors (Lipinski definition) is 2. The molecule has 0 spiro atoms. The average molecular weight is 366 g/mol. The molecule has 3 aromatic rings. The second kappa shape index (κ2) is 7.75. The quantitative estimate of drug-likeness (QED) is 0.721. The number of aromatic nitrogens is 2. The summed E-state index contributed by atoms with van der Waals surface area (Å²) in [7, 11) is 0. The molecule has 4 rings (SSSR count). The first-order valence-corrected chi connectivity index (χ1v) is 9.19. The molecule has 7 heteroatoms. The monoisotopic (exact) mass is 366 g/mol. The third kappa shape index (κ3) is 3.93. The van der Waals surface area contributed by atoms with Gasteiger partial charge in [0.15, 0.2) is 0 Å². The smallest absolute Gasteiger partial charge is 0.272 e. The molecule has 140 valence electrons. The van der Waals surface area contributed by atoms with Crippen molar-refractivity contribution in [2.45, 2.75) is 25.9 Å². The minimum absolute atomic E-state index is 0.0243. The van der Waals surface area contributed by atoms with E-state index in [0.717, 1.165) is 37.1 Å². The summed E-state index contributed by atoms with van der Waals surface area (Å²) in [4.78, 5) is 26.8. The molecular weight excluding hydrogens is 344 g/mol. The van der Waals surface area contributed by atoms with Gasteiger partial charge in [-0.15, -0.1) is 0 Å². The number of nitrogens with one attached hydrogen (secondary N) is 2. The van der Waals surface area contributed by atoms with E-state index in [1.807, 2.05) is 30.3 Å². The number of aromatic amines is 1. The van der Waals surface area contributed by atoms with Crippen LogP contribution in [0.3, 0.4) is 0 Å². The van der Waals surface area contributed by atoms with Gasteiger partial charge >= 0.3 is 0 Å². The topological polar surface area (TPSA) is 91.2 Å². The molecule has 0 unspecified atom stereocenters. The van der Waals surface area contributed by atoms with Crippen LogP contribution in [0.4, 0.5) is 0 Å². The number of nitrogens with zero attached hydrogens (tertiary/aromatic N) is 2. The maximum absolute atomic E-state index is 12.7. The predicted molar refractivity (Wildman–Crippen MR) is 101 cm³/mol. The van der Waals surface area contributed by atoms with Gasteiger partial charge in [0.25, 0.3) is 5.56 Å². The minimum Gasteiger partial charge on any atom is -0.468 e. The Balaban J connectivity index is 1.39. The molecule has 27 heavy (non-hydrogen) atoms. The molecule has 0 radical (unpaired) electrons. The van der Waals surface area contributed by atoms with Crippen LogP contribution in [-0.2, 0) is 17.9 Å². The number of fused-ring (bicyclic) bond motifs is 1. The van der Waals surface area contributed by atoms with E-state index < -0.39 is 0 Å². The number of carbonyl (C=O) groups is 1. The molecule has 1 aromatic carbocycles. The van der Waals surface area contributed by atoms with Crippen molar-refractivity contribution < 1.29 is 9.21 Å². The summed E-state index contributed by atoms with van der Waals surface area (Å²) in [6.45, 7) is 2.70. The zero-order valence-electron chi connectivity index (χ0n) is 15.0. The largest absolute Gasteiger partial charge is 0.468 e. The zero-order valence-corrected chi connectivity index (χ0v) is 15.0. The van der Waals surface area contributed by atoms with Gasteiger partial charge < -0.3 is 9.73 Å². The fourth-order valence-electron chi connectivity index (χ4n) is 3.66. The molecule has 1 amide bonds. The number of hydrogen-bond acceptors (Lipinski definition) is 5. The van der Waals surface area contributed by atoms with E-state index in [4.69, 9.17) is 4.42 Å². The number of carbonyl (C=O) groups excluding carboxylic acids is 1. The Bertz CT molecular complexity index is 980. The van der Waals surface area contributed by atoms with Gasteiger partial charge in [-0.2, -0.15) is 5.10 Å². The number of furan rings is 1. The van der Waals surface area contributed by atoms with Crippen molar-refractivity contribution in [1.29, 1.82) is 0 Å². The van der Waals surface area contributed by atoms with Crippen molar-refractivity contribution in [3.63, 3.8) is 0 Å². The molecule has 1 saturated heterocycles. The van der Waals surface area contributed by atoms with E-state index in [0.29, 0.717) is 24.2 Å². The Kier molecular flexibility index (Phi) is 5.02. The average Bonchev–Trinajstić information content (AvgIpc) is 3.21. The van der Waals surface area contributed by atoms with E-state index in [1.54, 1.807) is 12.3 Å². The lowest BCUT2D eigenvalue weighted by Crippen LogP contribution is -2.42. The van der Waals surface area contributed by atoms with Gasteiger partial charge in [-0.1, -0.05) is 18.2 Å². The van der Waals surface area contributed by atoms with Crippen molar-refractivity contribution in [3.05, 3.63) is 64.5 Å². The number of piperidine rings is 1. The van der Waals surface area contributed by atoms with Crippen LogP contribution in [0.1, 0.15) is 24.3 Å². The molecule has 0 aliphatic carbocycles. The summed E-state index contributed by atoms with van der Waals surface area (Å²) in [5.74, 6) is 0.888. The Hall–Kier alpha value is -2.93. The Labute approximate surface area is 156 Å². The first-order valence-electron chi connectivity index (χ1n) is 9.19. The van der Waals surface area contributed by atoms with Crippen LogP contribution >= 0.6 is 0 Å². The van der Waals surface area contributed by atoms with Gasteiger partial charge in [-0.3, -0.25) is 14.5 Å². The normalized spacial score (nSPS) is 17.9. The summed E-state index contributed by atoms with van der Waals surface area (Å²) < 4.78 is 5.41. The molecular formula is C20H22N4O3. The maximum Gasteiger partial charge on any atom is 0.272 e. The van der Waals surface area contributed by atoms with Crippen LogP contribution in [0.2, 0.25) is 0 Å². The fourth-order valence-corrected chi connectivity index (χ4v) is 3.66. The molecule has 1 aliphatic rings. The van der Waals surface area contributed by atoms with Crippen LogP contribution in [0.15, 0.2) is 51.9 Å². The van der Waals surface area contributed by atoms with Gasteiger partial charge in [0.05, 0.1) is 36.4 Å². The van der Waals surface area contributed by atoms with Crippen molar-refractivity contribution in [1.82, 2.24) is 20.4 Å². The summed E-state index contributed by atoms with van der Waals surface area (Å²) in [5.41, 5.74) is 0.448. The molecule has 1 aliphatic heterocycles. The van der Waals surface area contributed by atoms with E-state index >= 15 is 0 Å². The highest BCUT2D eigenvalue weighted by Crippen LogP contribution is 2.19. The van der Waals surface area contributed by atoms with Gasteiger partial charge in [-0.25, -0.2) is 5.10 Å². The van der Waals surface area contributed by atoms with E-state index in [9.17, 15) is 9.59 Å². The lowest BCUT2D eigenvalue weighted by molar-refractivity contribution is -0.127. The van der Waals surface area contributed by atoms with Crippen LogP contribution in [0, 0.1) is 5.92 Å². The van der Waals surface area contributed by atoms with Crippen LogP contribution in [0.25, 0.3) is 10.8 Å². The molecule has 3 heterocycles. The Morgan fingerprint density at radius 1 is 1.26 bits per heavy atom. The van der Waals surface area contributed by atoms with E-state index in [2.05, 4.69) is 20.4 Å². The number of likely N-dealkylation sites (tertiary alicyclic amines) is 1. The first-order chi connectivity index (χ1) is 13.2. The molecule has 0 saturated carbocycles. The van der Waals surface area contributed by atoms with Gasteiger partial charge in [-0.05, 0) is 37.6 Å². The van der Waals surface area contributed by atoms with Crippen molar-refractivity contribution in [3.8, 4) is 0 Å². The molecule has 7 nitrogen and oxygen atoms in total.